The summed E-state index contributed by atoms with van der Waals surface area (Å²) >= 11 is 0. The van der Waals surface area contributed by atoms with Crippen LogP contribution in [-0.2, 0) is 11.2 Å². The third-order valence-corrected chi connectivity index (χ3v) is 5.82. The lowest BCUT2D eigenvalue weighted by atomic mass is 9.76. The quantitative estimate of drug-likeness (QED) is 0.750. The van der Waals surface area contributed by atoms with Gasteiger partial charge in [-0.15, -0.1) is 0 Å². The Hall–Kier alpha value is -1.65. The summed E-state index contributed by atoms with van der Waals surface area (Å²) in [6.45, 7) is 4.87. The number of hydrogen-bond donors (Lipinski definition) is 1. The summed E-state index contributed by atoms with van der Waals surface area (Å²) in [7, 11) is 1.69. The van der Waals surface area contributed by atoms with Gasteiger partial charge >= 0.3 is 0 Å². The van der Waals surface area contributed by atoms with E-state index < -0.39 is 5.60 Å². The summed E-state index contributed by atoms with van der Waals surface area (Å²) in [5.41, 5.74) is 3.30. The SMILES string of the molecule is COCCc1cc(C(=O)CC[C@]2(O)CCC[C@@H](C)C2)c2c(C)cccn12. The Morgan fingerprint density at radius 3 is 3.00 bits per heavy atom. The Labute approximate surface area is 156 Å². The topological polar surface area (TPSA) is 50.9 Å². The van der Waals surface area contributed by atoms with Gasteiger partial charge in [-0.2, -0.15) is 0 Å². The third kappa shape index (κ3) is 4.02. The largest absolute Gasteiger partial charge is 0.390 e. The Morgan fingerprint density at radius 2 is 2.27 bits per heavy atom. The minimum Gasteiger partial charge on any atom is -0.390 e. The lowest BCUT2D eigenvalue weighted by Crippen LogP contribution is -2.35. The number of nitrogens with zero attached hydrogens (tertiary/aromatic N) is 1. The molecule has 2 aromatic heterocycles. The number of aromatic nitrogens is 1. The van der Waals surface area contributed by atoms with Crippen LogP contribution in [0.1, 0.15) is 67.1 Å². The van der Waals surface area contributed by atoms with E-state index in [0.29, 0.717) is 25.4 Å². The van der Waals surface area contributed by atoms with Crippen LogP contribution in [0.3, 0.4) is 0 Å². The normalized spacial score (nSPS) is 23.5. The summed E-state index contributed by atoms with van der Waals surface area (Å²) < 4.78 is 7.32. The molecule has 1 fully saturated rings. The van der Waals surface area contributed by atoms with Gasteiger partial charge in [-0.1, -0.05) is 25.8 Å². The second-order valence-electron chi connectivity index (χ2n) is 8.05. The molecule has 0 unspecified atom stereocenters. The minimum atomic E-state index is -0.670. The predicted molar refractivity (Wildman–Crippen MR) is 104 cm³/mol. The fraction of sp³-hybridized carbons (Fsp3) is 0.591. The number of aryl methyl sites for hydroxylation is 1. The number of ketones is 1. The van der Waals surface area contributed by atoms with Gasteiger partial charge in [-0.3, -0.25) is 4.79 Å². The van der Waals surface area contributed by atoms with Crippen molar-refractivity contribution >= 4 is 11.3 Å². The van der Waals surface area contributed by atoms with E-state index in [1.807, 2.05) is 31.3 Å². The summed E-state index contributed by atoms with van der Waals surface area (Å²) in [6.07, 6.45) is 7.63. The molecule has 0 aromatic carbocycles. The number of Topliss-reactive ketones (excluding diaryl/α,β-unsaturated/α-hetero) is 1. The van der Waals surface area contributed by atoms with Crippen molar-refractivity contribution in [2.24, 2.45) is 5.92 Å². The van der Waals surface area contributed by atoms with Crippen LogP contribution < -0.4 is 0 Å². The van der Waals surface area contributed by atoms with Crippen LogP contribution in [0.4, 0.5) is 0 Å². The highest BCUT2D eigenvalue weighted by atomic mass is 16.5. The molecule has 0 spiro atoms. The maximum absolute atomic E-state index is 13.0. The van der Waals surface area contributed by atoms with E-state index in [2.05, 4.69) is 11.3 Å². The second-order valence-corrected chi connectivity index (χ2v) is 8.05. The number of ether oxygens (including phenoxy) is 1. The molecule has 2 aromatic rings. The molecule has 1 saturated carbocycles. The van der Waals surface area contributed by atoms with E-state index in [1.54, 1.807) is 7.11 Å². The van der Waals surface area contributed by atoms with Gasteiger partial charge in [-0.25, -0.2) is 0 Å². The number of methoxy groups -OCH3 is 1. The van der Waals surface area contributed by atoms with E-state index >= 15 is 0 Å². The van der Waals surface area contributed by atoms with E-state index in [-0.39, 0.29) is 5.78 Å². The highest BCUT2D eigenvalue weighted by molar-refractivity contribution is 6.03. The molecule has 1 N–H and O–H groups in total. The molecular weight excluding hydrogens is 326 g/mol. The van der Waals surface area contributed by atoms with Crippen molar-refractivity contribution in [3.8, 4) is 0 Å². The minimum absolute atomic E-state index is 0.132. The molecule has 0 bridgehead atoms. The first-order valence-corrected chi connectivity index (χ1v) is 9.77. The summed E-state index contributed by atoms with van der Waals surface area (Å²) in [5.74, 6) is 0.675. The maximum Gasteiger partial charge on any atom is 0.165 e. The van der Waals surface area contributed by atoms with Crippen molar-refractivity contribution in [2.45, 2.75) is 64.4 Å². The van der Waals surface area contributed by atoms with Crippen molar-refractivity contribution < 1.29 is 14.6 Å². The van der Waals surface area contributed by atoms with Crippen LogP contribution in [0.2, 0.25) is 0 Å². The zero-order valence-corrected chi connectivity index (χ0v) is 16.3. The molecule has 3 rings (SSSR count). The molecule has 0 radical (unpaired) electrons. The van der Waals surface area contributed by atoms with Crippen molar-refractivity contribution in [1.82, 2.24) is 4.40 Å². The van der Waals surface area contributed by atoms with E-state index in [4.69, 9.17) is 4.74 Å². The first kappa shape index (κ1) is 19.1. The summed E-state index contributed by atoms with van der Waals surface area (Å²) in [5, 5.41) is 10.9. The van der Waals surface area contributed by atoms with E-state index in [0.717, 1.165) is 48.0 Å². The Balaban J connectivity index is 1.81. The van der Waals surface area contributed by atoms with Gasteiger partial charge in [-0.05, 0) is 49.8 Å². The molecule has 0 aliphatic heterocycles. The standard InChI is InChI=1S/C22H31NO3/c1-16-6-4-10-22(25,15-16)11-8-20(24)19-14-18(9-13-26-3)23-12-5-7-17(2)21(19)23/h5,7,12,14,16,25H,4,6,8-11,13,15H2,1-3H3/t16-,22-/m1/s1. The molecule has 26 heavy (non-hydrogen) atoms. The van der Waals surface area contributed by atoms with Gasteiger partial charge < -0.3 is 14.2 Å². The van der Waals surface area contributed by atoms with Crippen LogP contribution in [0, 0.1) is 12.8 Å². The van der Waals surface area contributed by atoms with Gasteiger partial charge in [0.15, 0.2) is 5.78 Å². The molecule has 0 saturated heterocycles. The number of aliphatic hydroxyl groups is 1. The maximum atomic E-state index is 13.0. The van der Waals surface area contributed by atoms with Crippen molar-refractivity contribution in [2.75, 3.05) is 13.7 Å². The molecule has 2 heterocycles. The number of carbonyl (C=O) groups is 1. The van der Waals surface area contributed by atoms with Crippen LogP contribution >= 0.6 is 0 Å². The number of carbonyl (C=O) groups excluding carboxylic acids is 1. The first-order chi connectivity index (χ1) is 12.4. The highest BCUT2D eigenvalue weighted by Crippen LogP contribution is 2.36. The Bertz CT molecular complexity index is 779. The molecule has 4 heteroatoms. The summed E-state index contributed by atoms with van der Waals surface area (Å²) in [6, 6.07) is 6.07. The molecular formula is C22H31NO3. The van der Waals surface area contributed by atoms with Crippen molar-refractivity contribution in [1.29, 1.82) is 0 Å². The molecule has 4 nitrogen and oxygen atoms in total. The van der Waals surface area contributed by atoms with Gasteiger partial charge in [0.1, 0.15) is 0 Å². The lowest BCUT2D eigenvalue weighted by molar-refractivity contribution is -0.0204. The van der Waals surface area contributed by atoms with Crippen LogP contribution in [0.25, 0.3) is 5.52 Å². The zero-order chi connectivity index (χ0) is 18.7. The second kappa shape index (κ2) is 7.93. The van der Waals surface area contributed by atoms with Gasteiger partial charge in [0.25, 0.3) is 0 Å². The number of pyridine rings is 1. The van der Waals surface area contributed by atoms with Crippen molar-refractivity contribution in [3.63, 3.8) is 0 Å². The third-order valence-electron chi connectivity index (χ3n) is 5.82. The molecule has 1 aliphatic rings. The Morgan fingerprint density at radius 1 is 1.46 bits per heavy atom. The predicted octanol–water partition coefficient (Wildman–Crippen LogP) is 4.34. The van der Waals surface area contributed by atoms with E-state index in [9.17, 15) is 9.90 Å². The Kier molecular flexibility index (Phi) is 5.83. The van der Waals surface area contributed by atoms with Crippen molar-refractivity contribution in [3.05, 3.63) is 41.2 Å². The number of hydrogen-bond acceptors (Lipinski definition) is 3. The summed E-state index contributed by atoms with van der Waals surface area (Å²) in [4.78, 5) is 13.0. The number of fused-ring (bicyclic) bond motifs is 1. The monoisotopic (exact) mass is 357 g/mol. The fourth-order valence-electron chi connectivity index (χ4n) is 4.46. The number of rotatable bonds is 7. The first-order valence-electron chi connectivity index (χ1n) is 9.77. The zero-order valence-electron chi connectivity index (χ0n) is 16.3. The lowest BCUT2D eigenvalue weighted by Gasteiger charge is -2.35. The smallest absolute Gasteiger partial charge is 0.165 e. The fourth-order valence-corrected chi connectivity index (χ4v) is 4.46. The van der Waals surface area contributed by atoms with Gasteiger partial charge in [0.05, 0.1) is 17.7 Å². The van der Waals surface area contributed by atoms with E-state index in [1.165, 1.54) is 6.42 Å². The van der Waals surface area contributed by atoms with Gasteiger partial charge in [0.2, 0.25) is 0 Å². The van der Waals surface area contributed by atoms with Gasteiger partial charge in [0, 0.05) is 37.4 Å². The van der Waals surface area contributed by atoms with Crippen LogP contribution in [0.15, 0.2) is 24.4 Å². The average Bonchev–Trinajstić information content (AvgIpc) is 2.98. The van der Waals surface area contributed by atoms with Crippen LogP contribution in [0.5, 0.6) is 0 Å². The highest BCUT2D eigenvalue weighted by Gasteiger charge is 2.33. The molecule has 0 amide bonds. The molecule has 1 aliphatic carbocycles. The molecule has 142 valence electrons. The average molecular weight is 357 g/mol. The molecule has 2 atom stereocenters. The van der Waals surface area contributed by atoms with Crippen LogP contribution in [-0.4, -0.2) is 34.6 Å².